The first-order valence-corrected chi connectivity index (χ1v) is 11.7. The van der Waals surface area contributed by atoms with Gasteiger partial charge in [0.2, 0.25) is 5.91 Å². The van der Waals surface area contributed by atoms with Gasteiger partial charge in [-0.15, -0.1) is 10.2 Å². The Morgan fingerprint density at radius 3 is 2.48 bits per heavy atom. The average molecular weight is 474 g/mol. The molecule has 0 saturated carbocycles. The van der Waals surface area contributed by atoms with E-state index in [9.17, 15) is 13.6 Å². The third-order valence-corrected chi connectivity index (χ3v) is 6.18. The van der Waals surface area contributed by atoms with Crippen molar-refractivity contribution in [1.82, 2.24) is 25.0 Å². The molecule has 1 aliphatic rings. The second kappa shape index (κ2) is 11.2. The van der Waals surface area contributed by atoms with E-state index >= 15 is 0 Å². The standard InChI is InChI=1S/C23H25F2N5O2S/c24-22(25)32-19-10-8-17(9-11-19)14-26-21(31)16-33-23-28-27-20(15-29-12-4-5-13-29)30(23)18-6-2-1-3-7-18/h1-3,6-11,22H,4-5,12-16H2,(H,26,31). The highest BCUT2D eigenvalue weighted by Crippen LogP contribution is 2.23. The van der Waals surface area contributed by atoms with Crippen LogP contribution in [0.4, 0.5) is 8.78 Å². The first-order valence-electron chi connectivity index (χ1n) is 10.7. The van der Waals surface area contributed by atoms with Gasteiger partial charge < -0.3 is 10.1 Å². The number of likely N-dealkylation sites (tertiary alicyclic amines) is 1. The molecule has 174 valence electrons. The molecule has 1 fully saturated rings. The van der Waals surface area contributed by atoms with Crippen LogP contribution in [0.1, 0.15) is 24.2 Å². The van der Waals surface area contributed by atoms with Gasteiger partial charge in [0, 0.05) is 12.2 Å². The molecule has 0 aliphatic carbocycles. The fourth-order valence-electron chi connectivity index (χ4n) is 3.64. The van der Waals surface area contributed by atoms with Gasteiger partial charge in [0.25, 0.3) is 0 Å². The normalized spacial score (nSPS) is 14.0. The molecule has 0 unspecified atom stereocenters. The maximum atomic E-state index is 12.4. The SMILES string of the molecule is O=C(CSc1nnc(CN2CCCC2)n1-c1ccccc1)NCc1ccc(OC(F)F)cc1. The molecule has 7 nitrogen and oxygen atoms in total. The molecule has 0 bridgehead atoms. The van der Waals surface area contributed by atoms with Crippen LogP contribution in [0, 0.1) is 0 Å². The number of hydrogen-bond acceptors (Lipinski definition) is 6. The Labute approximate surface area is 195 Å². The number of hydrogen-bond donors (Lipinski definition) is 1. The molecule has 4 rings (SSSR count). The Hall–Kier alpha value is -2.98. The molecule has 1 aromatic heterocycles. The van der Waals surface area contributed by atoms with Gasteiger partial charge in [-0.25, -0.2) is 0 Å². The van der Waals surface area contributed by atoms with Gasteiger partial charge in [-0.05, 0) is 55.8 Å². The molecule has 10 heteroatoms. The topological polar surface area (TPSA) is 72.3 Å². The number of rotatable bonds is 10. The van der Waals surface area contributed by atoms with E-state index in [2.05, 4.69) is 25.2 Å². The van der Waals surface area contributed by atoms with Crippen molar-refractivity contribution in [3.63, 3.8) is 0 Å². The number of amides is 1. The number of nitrogens with zero attached hydrogens (tertiary/aromatic N) is 4. The molecule has 0 spiro atoms. The lowest BCUT2D eigenvalue weighted by Crippen LogP contribution is -2.24. The Balaban J connectivity index is 1.36. The second-order valence-electron chi connectivity index (χ2n) is 7.64. The van der Waals surface area contributed by atoms with E-state index in [1.54, 1.807) is 12.1 Å². The Morgan fingerprint density at radius 2 is 1.79 bits per heavy atom. The molecule has 0 atom stereocenters. The number of nitrogens with one attached hydrogen (secondary N) is 1. The smallest absolute Gasteiger partial charge is 0.387 e. The van der Waals surface area contributed by atoms with Crippen LogP contribution in [0.2, 0.25) is 0 Å². The molecule has 1 saturated heterocycles. The fraction of sp³-hybridized carbons (Fsp3) is 0.348. The molecule has 1 aliphatic heterocycles. The van der Waals surface area contributed by atoms with E-state index in [4.69, 9.17) is 0 Å². The van der Waals surface area contributed by atoms with E-state index in [0.29, 0.717) is 11.7 Å². The Morgan fingerprint density at radius 1 is 1.06 bits per heavy atom. The van der Waals surface area contributed by atoms with Crippen LogP contribution in [0.15, 0.2) is 59.8 Å². The van der Waals surface area contributed by atoms with Gasteiger partial charge >= 0.3 is 6.61 Å². The van der Waals surface area contributed by atoms with Crippen molar-refractivity contribution in [2.45, 2.75) is 37.7 Å². The van der Waals surface area contributed by atoms with Crippen molar-refractivity contribution in [1.29, 1.82) is 0 Å². The van der Waals surface area contributed by atoms with Crippen molar-refractivity contribution >= 4 is 17.7 Å². The molecule has 1 amide bonds. The molecular formula is C23H25F2N5O2S. The van der Waals surface area contributed by atoms with Crippen LogP contribution in [0.3, 0.4) is 0 Å². The van der Waals surface area contributed by atoms with Crippen LogP contribution in [-0.4, -0.2) is 51.0 Å². The van der Waals surface area contributed by atoms with Crippen LogP contribution in [0.5, 0.6) is 5.75 Å². The number of carbonyl (C=O) groups is 1. The van der Waals surface area contributed by atoms with E-state index < -0.39 is 6.61 Å². The summed E-state index contributed by atoms with van der Waals surface area (Å²) in [5, 5.41) is 12.3. The zero-order valence-electron chi connectivity index (χ0n) is 18.0. The van der Waals surface area contributed by atoms with Crippen LogP contribution in [0.25, 0.3) is 5.69 Å². The summed E-state index contributed by atoms with van der Waals surface area (Å²) in [5.41, 5.74) is 1.75. The highest BCUT2D eigenvalue weighted by molar-refractivity contribution is 7.99. The van der Waals surface area contributed by atoms with Crippen LogP contribution < -0.4 is 10.1 Å². The lowest BCUT2D eigenvalue weighted by molar-refractivity contribution is -0.118. The maximum Gasteiger partial charge on any atom is 0.387 e. The molecule has 2 aromatic carbocycles. The van der Waals surface area contributed by atoms with Crippen molar-refractivity contribution in [3.05, 3.63) is 66.0 Å². The van der Waals surface area contributed by atoms with Crippen molar-refractivity contribution in [3.8, 4) is 11.4 Å². The van der Waals surface area contributed by atoms with E-state index in [-0.39, 0.29) is 17.4 Å². The zero-order chi connectivity index (χ0) is 23.0. The molecule has 2 heterocycles. The Kier molecular flexibility index (Phi) is 7.90. The number of benzene rings is 2. The quantitative estimate of drug-likeness (QED) is 0.451. The van der Waals surface area contributed by atoms with Crippen molar-refractivity contribution in [2.24, 2.45) is 0 Å². The van der Waals surface area contributed by atoms with Gasteiger partial charge in [-0.1, -0.05) is 42.1 Å². The van der Waals surface area contributed by atoms with Crippen LogP contribution in [-0.2, 0) is 17.9 Å². The maximum absolute atomic E-state index is 12.4. The molecular weight excluding hydrogens is 448 g/mol. The summed E-state index contributed by atoms with van der Waals surface area (Å²) in [6, 6.07) is 16.1. The third-order valence-electron chi connectivity index (χ3n) is 5.25. The van der Waals surface area contributed by atoms with Crippen molar-refractivity contribution in [2.75, 3.05) is 18.8 Å². The highest BCUT2D eigenvalue weighted by Gasteiger charge is 2.20. The van der Waals surface area contributed by atoms with E-state index in [1.807, 2.05) is 34.9 Å². The number of halogens is 2. The minimum absolute atomic E-state index is 0.0839. The lowest BCUT2D eigenvalue weighted by atomic mass is 10.2. The number of aromatic nitrogens is 3. The molecule has 1 N–H and O–H groups in total. The minimum Gasteiger partial charge on any atom is -0.435 e. The minimum atomic E-state index is -2.86. The Bertz CT molecular complexity index is 1040. The summed E-state index contributed by atoms with van der Waals surface area (Å²) in [6.07, 6.45) is 2.40. The van der Waals surface area contributed by atoms with Gasteiger partial charge in [0.1, 0.15) is 5.75 Å². The number of thioether (sulfide) groups is 1. The van der Waals surface area contributed by atoms with Crippen molar-refractivity contribution < 1.29 is 18.3 Å². The summed E-state index contributed by atoms with van der Waals surface area (Å²) in [4.78, 5) is 14.8. The largest absolute Gasteiger partial charge is 0.435 e. The molecule has 0 radical (unpaired) electrons. The first-order chi connectivity index (χ1) is 16.1. The number of carbonyl (C=O) groups excluding carboxylic acids is 1. The predicted octanol–water partition coefficient (Wildman–Crippen LogP) is 3.87. The number of para-hydroxylation sites is 1. The second-order valence-corrected chi connectivity index (χ2v) is 8.58. The predicted molar refractivity (Wildman–Crippen MR) is 122 cm³/mol. The lowest BCUT2D eigenvalue weighted by Gasteiger charge is -2.16. The first kappa shape index (κ1) is 23.2. The van der Waals surface area contributed by atoms with Gasteiger partial charge in [-0.2, -0.15) is 8.78 Å². The third kappa shape index (κ3) is 6.52. The summed E-state index contributed by atoms with van der Waals surface area (Å²) in [6.45, 7) is 0.269. The van der Waals surface area contributed by atoms with E-state index in [1.165, 1.54) is 36.7 Å². The van der Waals surface area contributed by atoms with E-state index in [0.717, 1.165) is 36.7 Å². The number of ether oxygens (including phenoxy) is 1. The summed E-state index contributed by atoms with van der Waals surface area (Å²) >= 11 is 1.33. The van der Waals surface area contributed by atoms with Gasteiger partial charge in [0.05, 0.1) is 12.3 Å². The summed E-state index contributed by atoms with van der Waals surface area (Å²) in [5.74, 6) is 0.968. The number of alkyl halides is 2. The highest BCUT2D eigenvalue weighted by atomic mass is 32.2. The summed E-state index contributed by atoms with van der Waals surface area (Å²) < 4.78 is 30.8. The van der Waals surface area contributed by atoms with Crippen LogP contribution >= 0.6 is 11.8 Å². The van der Waals surface area contributed by atoms with Gasteiger partial charge in [-0.3, -0.25) is 14.3 Å². The fourth-order valence-corrected chi connectivity index (χ4v) is 4.44. The molecule has 33 heavy (non-hydrogen) atoms. The average Bonchev–Trinajstić information content (AvgIpc) is 3.47. The monoisotopic (exact) mass is 473 g/mol. The molecule has 3 aromatic rings. The van der Waals surface area contributed by atoms with Gasteiger partial charge in [0.15, 0.2) is 11.0 Å². The zero-order valence-corrected chi connectivity index (χ0v) is 18.8. The summed E-state index contributed by atoms with van der Waals surface area (Å²) in [7, 11) is 0.